The molecule has 3 aliphatic rings. The first-order valence-electron chi connectivity index (χ1n) is 11.7. The Morgan fingerprint density at radius 3 is 1.06 bits per heavy atom. The van der Waals surface area contributed by atoms with Crippen molar-refractivity contribution >= 4 is 35.4 Å². The molecule has 5 rings (SSSR count). The number of nitrogens with zero attached hydrogens (tertiary/aromatic N) is 4. The van der Waals surface area contributed by atoms with Gasteiger partial charge in [-0.3, -0.25) is 38.6 Å². The Balaban J connectivity index is 1.21. The van der Waals surface area contributed by atoms with Crippen LogP contribution in [0.5, 0.6) is 0 Å². The van der Waals surface area contributed by atoms with Gasteiger partial charge in [-0.15, -0.1) is 0 Å². The molecule has 6 amide bonds. The van der Waals surface area contributed by atoms with E-state index in [1.54, 1.807) is 48.5 Å². The molecule has 10 nitrogen and oxygen atoms in total. The maximum atomic E-state index is 13.1. The normalized spacial score (nSPS) is 18.9. The molecule has 0 bridgehead atoms. The minimum Gasteiger partial charge on any atom is -0.337 e. The highest BCUT2D eigenvalue weighted by molar-refractivity contribution is 6.23. The van der Waals surface area contributed by atoms with Gasteiger partial charge in [-0.1, -0.05) is 24.3 Å². The molecule has 0 saturated carbocycles. The lowest BCUT2D eigenvalue weighted by Crippen LogP contribution is -2.58. The molecule has 3 aliphatic heterocycles. The van der Waals surface area contributed by atoms with Crippen LogP contribution in [0.3, 0.4) is 0 Å². The average molecular weight is 489 g/mol. The molecule has 1 saturated heterocycles. The van der Waals surface area contributed by atoms with Gasteiger partial charge in [-0.25, -0.2) is 0 Å². The summed E-state index contributed by atoms with van der Waals surface area (Å²) in [6.07, 6.45) is 0. The van der Waals surface area contributed by atoms with E-state index in [-0.39, 0.29) is 60.2 Å². The minimum atomic E-state index is -0.989. The molecule has 2 atom stereocenters. The lowest BCUT2D eigenvalue weighted by molar-refractivity contribution is -0.143. The number of benzene rings is 2. The lowest BCUT2D eigenvalue weighted by atomic mass is 10.1. The van der Waals surface area contributed by atoms with E-state index in [1.807, 2.05) is 0 Å². The molecule has 0 aliphatic carbocycles. The molecule has 2 aromatic rings. The summed E-state index contributed by atoms with van der Waals surface area (Å²) in [5.74, 6) is -2.77. The van der Waals surface area contributed by atoms with Crippen molar-refractivity contribution in [2.75, 3.05) is 26.2 Å². The molecule has 0 N–H and O–H groups in total. The fourth-order valence-corrected chi connectivity index (χ4v) is 5.02. The molecule has 2 aromatic carbocycles. The fraction of sp³-hybridized carbons (Fsp3) is 0.308. The average Bonchev–Trinajstić information content (AvgIpc) is 3.31. The summed E-state index contributed by atoms with van der Waals surface area (Å²) < 4.78 is 0. The van der Waals surface area contributed by atoms with Crippen LogP contribution in [0.2, 0.25) is 0 Å². The predicted octanol–water partition coefficient (Wildman–Crippen LogP) is 1.03. The van der Waals surface area contributed by atoms with Crippen LogP contribution in [-0.2, 0) is 9.59 Å². The third kappa shape index (κ3) is 3.48. The van der Waals surface area contributed by atoms with Crippen molar-refractivity contribution < 1.29 is 28.8 Å². The molecule has 0 aromatic heterocycles. The van der Waals surface area contributed by atoms with Gasteiger partial charge in [-0.05, 0) is 38.1 Å². The second-order valence-electron chi connectivity index (χ2n) is 9.05. The monoisotopic (exact) mass is 488 g/mol. The summed E-state index contributed by atoms with van der Waals surface area (Å²) in [4.78, 5) is 82.2. The van der Waals surface area contributed by atoms with Crippen LogP contribution in [-0.4, -0.2) is 93.3 Å². The van der Waals surface area contributed by atoms with Crippen LogP contribution in [0.4, 0.5) is 0 Å². The Kier molecular flexibility index (Phi) is 5.66. The summed E-state index contributed by atoms with van der Waals surface area (Å²) in [7, 11) is 0. The van der Waals surface area contributed by atoms with E-state index in [9.17, 15) is 28.8 Å². The van der Waals surface area contributed by atoms with Crippen LogP contribution in [0, 0.1) is 0 Å². The minimum absolute atomic E-state index is 0.201. The van der Waals surface area contributed by atoms with Crippen molar-refractivity contribution in [2.24, 2.45) is 0 Å². The summed E-state index contributed by atoms with van der Waals surface area (Å²) in [6, 6.07) is 10.9. The number of rotatable bonds is 4. The summed E-state index contributed by atoms with van der Waals surface area (Å²) in [5.41, 5.74) is 1.11. The smallest absolute Gasteiger partial charge is 0.262 e. The van der Waals surface area contributed by atoms with Gasteiger partial charge >= 0.3 is 0 Å². The predicted molar refractivity (Wildman–Crippen MR) is 126 cm³/mol. The molecule has 0 spiro atoms. The third-order valence-electron chi connectivity index (χ3n) is 7.04. The highest BCUT2D eigenvalue weighted by atomic mass is 16.2. The second kappa shape index (κ2) is 8.71. The highest BCUT2D eigenvalue weighted by Gasteiger charge is 2.44. The molecule has 184 valence electrons. The molecule has 0 radical (unpaired) electrons. The standard InChI is InChI=1S/C26H24N4O6/c1-15(29-23(33)17-7-3-4-8-18(17)24(29)34)21(31)27-11-13-28(14-12-27)22(32)16(2)30-25(35)19-9-5-6-10-20(19)26(30)36/h3-10,15-16H,11-14H2,1-2H3. The van der Waals surface area contributed by atoms with E-state index in [0.29, 0.717) is 0 Å². The fourth-order valence-electron chi connectivity index (χ4n) is 5.02. The molecule has 2 unspecified atom stereocenters. The van der Waals surface area contributed by atoms with Crippen molar-refractivity contribution in [3.8, 4) is 0 Å². The van der Waals surface area contributed by atoms with E-state index >= 15 is 0 Å². The number of hydrogen-bond acceptors (Lipinski definition) is 6. The van der Waals surface area contributed by atoms with E-state index in [1.165, 1.54) is 23.6 Å². The van der Waals surface area contributed by atoms with Crippen molar-refractivity contribution in [2.45, 2.75) is 25.9 Å². The number of hydrogen-bond donors (Lipinski definition) is 0. The summed E-state index contributed by atoms with van der Waals surface area (Å²) >= 11 is 0. The Hall–Kier alpha value is -4.34. The zero-order valence-electron chi connectivity index (χ0n) is 19.8. The van der Waals surface area contributed by atoms with Crippen LogP contribution < -0.4 is 0 Å². The van der Waals surface area contributed by atoms with Gasteiger partial charge in [-0.2, -0.15) is 0 Å². The first-order valence-corrected chi connectivity index (χ1v) is 11.7. The van der Waals surface area contributed by atoms with Crippen LogP contribution >= 0.6 is 0 Å². The number of piperazine rings is 1. The van der Waals surface area contributed by atoms with E-state index in [0.717, 1.165) is 9.80 Å². The number of fused-ring (bicyclic) bond motifs is 2. The quantitative estimate of drug-likeness (QED) is 0.594. The molecule has 1 fully saturated rings. The lowest BCUT2D eigenvalue weighted by Gasteiger charge is -2.38. The van der Waals surface area contributed by atoms with Gasteiger partial charge in [0.25, 0.3) is 23.6 Å². The van der Waals surface area contributed by atoms with Crippen LogP contribution in [0.15, 0.2) is 48.5 Å². The topological polar surface area (TPSA) is 115 Å². The number of carbonyl (C=O) groups excluding carboxylic acids is 6. The number of amides is 6. The zero-order valence-corrected chi connectivity index (χ0v) is 19.8. The molecular formula is C26H24N4O6. The van der Waals surface area contributed by atoms with Gasteiger partial charge in [0, 0.05) is 26.2 Å². The first kappa shape index (κ1) is 23.4. The van der Waals surface area contributed by atoms with Gasteiger partial charge in [0.05, 0.1) is 22.3 Å². The van der Waals surface area contributed by atoms with Crippen LogP contribution in [0.1, 0.15) is 55.3 Å². The Labute approximate surface area is 207 Å². The van der Waals surface area contributed by atoms with Gasteiger partial charge in [0.2, 0.25) is 11.8 Å². The van der Waals surface area contributed by atoms with E-state index in [2.05, 4.69) is 0 Å². The van der Waals surface area contributed by atoms with E-state index < -0.39 is 35.7 Å². The molecule has 3 heterocycles. The zero-order chi connectivity index (χ0) is 25.7. The third-order valence-corrected chi connectivity index (χ3v) is 7.04. The largest absolute Gasteiger partial charge is 0.337 e. The molecule has 36 heavy (non-hydrogen) atoms. The Morgan fingerprint density at radius 2 is 0.806 bits per heavy atom. The van der Waals surface area contributed by atoms with Crippen molar-refractivity contribution in [3.05, 3.63) is 70.8 Å². The summed E-state index contributed by atoms with van der Waals surface area (Å²) in [5, 5.41) is 0. The SMILES string of the molecule is CC(C(=O)N1CCN(C(=O)C(C)N2C(=O)c3ccccc3C2=O)CC1)N1C(=O)c2ccccc2C1=O. The first-order chi connectivity index (χ1) is 17.2. The number of carbonyl (C=O) groups is 6. The summed E-state index contributed by atoms with van der Waals surface area (Å²) in [6.45, 7) is 3.84. The second-order valence-corrected chi connectivity index (χ2v) is 9.05. The van der Waals surface area contributed by atoms with Crippen molar-refractivity contribution in [3.63, 3.8) is 0 Å². The van der Waals surface area contributed by atoms with E-state index in [4.69, 9.17) is 0 Å². The van der Waals surface area contributed by atoms with Gasteiger partial charge in [0.1, 0.15) is 12.1 Å². The maximum absolute atomic E-state index is 13.1. The van der Waals surface area contributed by atoms with Gasteiger partial charge < -0.3 is 9.80 Å². The van der Waals surface area contributed by atoms with Crippen molar-refractivity contribution in [1.29, 1.82) is 0 Å². The van der Waals surface area contributed by atoms with Crippen LogP contribution in [0.25, 0.3) is 0 Å². The van der Waals surface area contributed by atoms with Crippen molar-refractivity contribution in [1.82, 2.24) is 19.6 Å². The highest BCUT2D eigenvalue weighted by Crippen LogP contribution is 2.27. The maximum Gasteiger partial charge on any atom is 0.262 e. The number of imide groups is 2. The molecule has 10 heteroatoms. The molecular weight excluding hydrogens is 464 g/mol. The Bertz CT molecular complexity index is 1160. The van der Waals surface area contributed by atoms with Gasteiger partial charge in [0.15, 0.2) is 0 Å². The Morgan fingerprint density at radius 1 is 0.556 bits per heavy atom.